The van der Waals surface area contributed by atoms with E-state index < -0.39 is 5.92 Å². The van der Waals surface area contributed by atoms with Crippen LogP contribution in [0, 0.1) is 0 Å². The Hall–Kier alpha value is -2.84. The minimum Gasteiger partial charge on any atom is -0.378 e. The number of ether oxygens (including phenoxy) is 1. The van der Waals surface area contributed by atoms with E-state index in [1.807, 2.05) is 55.4 Å². The fourth-order valence-corrected chi connectivity index (χ4v) is 3.43. The van der Waals surface area contributed by atoms with Crippen molar-refractivity contribution < 1.29 is 9.53 Å². The van der Waals surface area contributed by atoms with Crippen LogP contribution in [0.4, 0.5) is 0 Å². The Bertz CT molecular complexity index is 949. The van der Waals surface area contributed by atoms with E-state index in [1.54, 1.807) is 0 Å². The van der Waals surface area contributed by atoms with Crippen LogP contribution in [0.3, 0.4) is 0 Å². The molecule has 1 saturated heterocycles. The first kappa shape index (κ1) is 19.5. The number of hydrogen-bond acceptors (Lipinski definition) is 6. The molecule has 0 aliphatic carbocycles. The average Bonchev–Trinajstić information content (AvgIpc) is 2.73. The summed E-state index contributed by atoms with van der Waals surface area (Å²) in [5.41, 5.74) is 1.52. The fourth-order valence-electron chi connectivity index (χ4n) is 3.43. The zero-order chi connectivity index (χ0) is 20.2. The first-order valence-electron chi connectivity index (χ1n) is 9.89. The van der Waals surface area contributed by atoms with Crippen molar-refractivity contribution in [2.24, 2.45) is 9.98 Å². The number of para-hydroxylation sites is 1. The second-order valence-corrected chi connectivity index (χ2v) is 7.43. The number of nitrogens with one attached hydrogen (secondary N) is 1. The van der Waals surface area contributed by atoms with Gasteiger partial charge >= 0.3 is 0 Å². The Morgan fingerprint density at radius 1 is 1.21 bits per heavy atom. The van der Waals surface area contributed by atoms with Gasteiger partial charge in [-0.3, -0.25) is 20.1 Å². The minimum absolute atomic E-state index is 0.145. The molecule has 1 unspecified atom stereocenters. The van der Waals surface area contributed by atoms with Gasteiger partial charge in [-0.25, -0.2) is 0 Å². The highest BCUT2D eigenvalue weighted by molar-refractivity contribution is 6.20. The first-order valence-corrected chi connectivity index (χ1v) is 9.89. The Kier molecular flexibility index (Phi) is 5.82. The van der Waals surface area contributed by atoms with E-state index in [-0.39, 0.29) is 5.91 Å². The molecule has 2 aliphatic rings. The van der Waals surface area contributed by atoms with Gasteiger partial charge in [0, 0.05) is 25.0 Å². The lowest BCUT2D eigenvalue weighted by atomic mass is 10.00. The molecule has 29 heavy (non-hydrogen) atoms. The van der Waals surface area contributed by atoms with Gasteiger partial charge in [-0.05, 0) is 26.2 Å². The summed E-state index contributed by atoms with van der Waals surface area (Å²) in [6, 6.07) is 11.8. The molecule has 2 aromatic rings. The van der Waals surface area contributed by atoms with Gasteiger partial charge in [0.2, 0.25) is 11.9 Å². The van der Waals surface area contributed by atoms with E-state index in [2.05, 4.69) is 15.2 Å². The Morgan fingerprint density at radius 2 is 2.00 bits per heavy atom. The highest BCUT2D eigenvalue weighted by Gasteiger charge is 2.34. The fraction of sp³-hybridized carbons (Fsp3) is 0.429. The molecule has 3 heterocycles. The third kappa shape index (κ3) is 4.44. The highest BCUT2D eigenvalue weighted by Crippen LogP contribution is 2.23. The van der Waals surface area contributed by atoms with Crippen molar-refractivity contribution in [3.05, 3.63) is 42.1 Å². The van der Waals surface area contributed by atoms with E-state index in [1.165, 1.54) is 0 Å². The van der Waals surface area contributed by atoms with Crippen molar-refractivity contribution in [2.75, 3.05) is 53.5 Å². The van der Waals surface area contributed by atoms with Crippen molar-refractivity contribution in [3.8, 4) is 0 Å². The summed E-state index contributed by atoms with van der Waals surface area (Å²) in [5.74, 6) is 0.304. The average molecular weight is 394 g/mol. The summed E-state index contributed by atoms with van der Waals surface area (Å²) in [6.45, 7) is 3.99. The van der Waals surface area contributed by atoms with Crippen LogP contribution in [0.2, 0.25) is 0 Å². The molecule has 1 fully saturated rings. The second kappa shape index (κ2) is 8.67. The van der Waals surface area contributed by atoms with Crippen LogP contribution in [-0.4, -0.2) is 86.0 Å². The predicted molar refractivity (Wildman–Crippen MR) is 113 cm³/mol. The van der Waals surface area contributed by atoms with Gasteiger partial charge in [0.1, 0.15) is 11.8 Å². The molecular formula is C21H26N6O2. The number of carbonyl (C=O) groups excluding carboxylic acids is 1. The van der Waals surface area contributed by atoms with Gasteiger partial charge in [0.25, 0.3) is 0 Å². The molecule has 1 aromatic heterocycles. The monoisotopic (exact) mass is 394 g/mol. The molecule has 0 spiro atoms. The number of hydrogen-bond donors (Lipinski definition) is 1. The zero-order valence-corrected chi connectivity index (χ0v) is 16.8. The SMILES string of the molecule is CN(C)CCN=C1N=C(N2CCOCC2)NC(=O)C1c1ccc2ccccc2n1. The number of likely N-dealkylation sites (N-methyl/N-ethyl adjacent to an activating group) is 1. The van der Waals surface area contributed by atoms with Crippen molar-refractivity contribution in [1.29, 1.82) is 0 Å². The topological polar surface area (TPSA) is 82.4 Å². The number of morpholine rings is 1. The number of benzene rings is 1. The van der Waals surface area contributed by atoms with Crippen LogP contribution >= 0.6 is 0 Å². The predicted octanol–water partition coefficient (Wildman–Crippen LogP) is 1.10. The van der Waals surface area contributed by atoms with Gasteiger partial charge < -0.3 is 14.5 Å². The van der Waals surface area contributed by atoms with Gasteiger partial charge in [0.05, 0.1) is 31.0 Å². The molecule has 4 rings (SSSR count). The molecule has 2 aliphatic heterocycles. The van der Waals surface area contributed by atoms with E-state index >= 15 is 0 Å². The molecule has 8 heteroatoms. The quantitative estimate of drug-likeness (QED) is 0.840. The molecule has 1 atom stereocenters. The number of carbonyl (C=O) groups is 1. The summed E-state index contributed by atoms with van der Waals surface area (Å²) in [5, 5.41) is 4.00. The second-order valence-electron chi connectivity index (χ2n) is 7.43. The lowest BCUT2D eigenvalue weighted by Gasteiger charge is -2.33. The summed E-state index contributed by atoms with van der Waals surface area (Å²) < 4.78 is 5.41. The number of pyridine rings is 1. The lowest BCUT2D eigenvalue weighted by Crippen LogP contribution is -2.53. The van der Waals surface area contributed by atoms with E-state index in [0.29, 0.717) is 50.3 Å². The van der Waals surface area contributed by atoms with Crippen LogP contribution in [0.1, 0.15) is 11.6 Å². The van der Waals surface area contributed by atoms with Crippen LogP contribution in [-0.2, 0) is 9.53 Å². The van der Waals surface area contributed by atoms with E-state index in [9.17, 15) is 4.79 Å². The standard InChI is InChI=1S/C21H26N6O2/c1-26(2)10-9-22-19-18(17-8-7-15-5-3-4-6-16(15)23-17)20(28)25-21(24-19)27-11-13-29-14-12-27/h3-8,18H,9-14H2,1-2H3,(H,22,24,25,28). The summed E-state index contributed by atoms with van der Waals surface area (Å²) in [4.78, 5) is 31.4. The number of guanidine groups is 1. The zero-order valence-electron chi connectivity index (χ0n) is 16.8. The largest absolute Gasteiger partial charge is 0.378 e. The minimum atomic E-state index is -0.619. The number of fused-ring (bicyclic) bond motifs is 1. The molecule has 8 nitrogen and oxygen atoms in total. The smallest absolute Gasteiger partial charge is 0.243 e. The van der Waals surface area contributed by atoms with E-state index in [4.69, 9.17) is 14.7 Å². The molecule has 0 saturated carbocycles. The molecule has 1 amide bonds. The first-order chi connectivity index (χ1) is 14.1. The number of rotatable bonds is 4. The van der Waals surface area contributed by atoms with E-state index in [0.717, 1.165) is 17.4 Å². The number of nitrogens with zero attached hydrogens (tertiary/aromatic N) is 5. The number of aromatic nitrogens is 1. The van der Waals surface area contributed by atoms with Crippen molar-refractivity contribution in [3.63, 3.8) is 0 Å². The van der Waals surface area contributed by atoms with Crippen molar-refractivity contribution in [1.82, 2.24) is 20.1 Å². The normalized spacial score (nSPS) is 21.6. The van der Waals surface area contributed by atoms with Crippen LogP contribution < -0.4 is 5.32 Å². The van der Waals surface area contributed by atoms with Gasteiger partial charge in [-0.1, -0.05) is 24.3 Å². The van der Waals surface area contributed by atoms with Crippen LogP contribution in [0.5, 0.6) is 0 Å². The summed E-state index contributed by atoms with van der Waals surface area (Å²) in [7, 11) is 4.00. The molecule has 1 aromatic carbocycles. The third-order valence-electron chi connectivity index (χ3n) is 5.02. The van der Waals surface area contributed by atoms with Crippen LogP contribution in [0.15, 0.2) is 46.4 Å². The number of aliphatic imine (C=N–C) groups is 2. The van der Waals surface area contributed by atoms with Crippen molar-refractivity contribution in [2.45, 2.75) is 5.92 Å². The van der Waals surface area contributed by atoms with Crippen LogP contribution in [0.25, 0.3) is 10.9 Å². The maximum absolute atomic E-state index is 13.1. The Morgan fingerprint density at radius 3 is 2.79 bits per heavy atom. The van der Waals surface area contributed by atoms with Gasteiger partial charge in [-0.15, -0.1) is 0 Å². The molecule has 0 radical (unpaired) electrons. The highest BCUT2D eigenvalue weighted by atomic mass is 16.5. The van der Waals surface area contributed by atoms with Gasteiger partial charge in [-0.2, -0.15) is 4.99 Å². The van der Waals surface area contributed by atoms with Crippen molar-refractivity contribution >= 4 is 28.6 Å². The third-order valence-corrected chi connectivity index (χ3v) is 5.02. The molecule has 152 valence electrons. The Balaban J connectivity index is 1.69. The number of amidine groups is 1. The van der Waals surface area contributed by atoms with Gasteiger partial charge in [0.15, 0.2) is 0 Å². The maximum Gasteiger partial charge on any atom is 0.243 e. The lowest BCUT2D eigenvalue weighted by molar-refractivity contribution is -0.120. The molecular weight excluding hydrogens is 368 g/mol. The maximum atomic E-state index is 13.1. The molecule has 1 N–H and O–H groups in total. The summed E-state index contributed by atoms with van der Waals surface area (Å²) in [6.07, 6.45) is 0. The molecule has 0 bridgehead atoms. The summed E-state index contributed by atoms with van der Waals surface area (Å²) >= 11 is 0. The Labute approximate surface area is 170 Å². The number of amides is 1.